The van der Waals surface area contributed by atoms with Crippen molar-refractivity contribution in [3.63, 3.8) is 0 Å². The van der Waals surface area contributed by atoms with Gasteiger partial charge in [0.1, 0.15) is 5.75 Å². The predicted octanol–water partition coefficient (Wildman–Crippen LogP) is 2.23. The fourth-order valence-corrected chi connectivity index (χ4v) is 2.14. The minimum Gasteiger partial charge on any atom is -0.507 e. The highest BCUT2D eigenvalue weighted by atomic mass is 32.2. The number of rotatable bonds is 3. The van der Waals surface area contributed by atoms with Crippen LogP contribution in [0.2, 0.25) is 0 Å². The topological polar surface area (TPSA) is 66.4 Å². The Morgan fingerprint density at radius 2 is 1.83 bits per heavy atom. The molecule has 4 nitrogen and oxygen atoms in total. The predicted molar refractivity (Wildman–Crippen MR) is 70.8 cm³/mol. The van der Waals surface area contributed by atoms with Crippen molar-refractivity contribution in [2.24, 2.45) is 0 Å². The molecule has 0 saturated carbocycles. The number of anilines is 1. The van der Waals surface area contributed by atoms with Crippen molar-refractivity contribution in [3.8, 4) is 16.9 Å². The number of aromatic hydroxyl groups is 1. The third-order valence-corrected chi connectivity index (χ3v) is 2.92. The highest BCUT2D eigenvalue weighted by molar-refractivity contribution is 7.92. The van der Waals surface area contributed by atoms with Crippen molar-refractivity contribution in [3.05, 3.63) is 48.5 Å². The zero-order valence-corrected chi connectivity index (χ0v) is 10.5. The minimum atomic E-state index is -3.27. The highest BCUT2D eigenvalue weighted by Gasteiger charge is 2.05. The standard InChI is InChI=1S/C13H12NO3S/c1-18(16,17)14-11-8-6-10(7-9-11)12-4-2-3-5-13(12)15/h2-3,5-9,14-15H,1H3. The maximum Gasteiger partial charge on any atom is 0.229 e. The molecule has 0 aliphatic carbocycles. The Morgan fingerprint density at radius 1 is 1.17 bits per heavy atom. The number of benzene rings is 2. The van der Waals surface area contributed by atoms with E-state index in [1.54, 1.807) is 42.5 Å². The third kappa shape index (κ3) is 3.01. The van der Waals surface area contributed by atoms with Crippen LogP contribution in [0.25, 0.3) is 11.1 Å². The number of sulfonamides is 1. The van der Waals surface area contributed by atoms with E-state index in [0.29, 0.717) is 11.3 Å². The van der Waals surface area contributed by atoms with Gasteiger partial charge in [-0.3, -0.25) is 4.72 Å². The van der Waals surface area contributed by atoms with E-state index in [0.717, 1.165) is 11.8 Å². The molecule has 0 amide bonds. The molecule has 0 fully saturated rings. The Balaban J connectivity index is 2.31. The lowest BCUT2D eigenvalue weighted by Crippen LogP contribution is -2.09. The fourth-order valence-electron chi connectivity index (χ4n) is 1.58. The summed E-state index contributed by atoms with van der Waals surface area (Å²) in [5.41, 5.74) is 1.84. The smallest absolute Gasteiger partial charge is 0.229 e. The normalized spacial score (nSPS) is 11.2. The summed E-state index contributed by atoms with van der Waals surface area (Å²) >= 11 is 0. The second-order valence-corrected chi connectivity index (χ2v) is 5.63. The van der Waals surface area contributed by atoms with E-state index in [1.165, 1.54) is 0 Å². The minimum absolute atomic E-state index is 0.140. The fraction of sp³-hybridized carbons (Fsp3) is 0.0769. The van der Waals surface area contributed by atoms with Crippen molar-refractivity contribution >= 4 is 15.7 Å². The highest BCUT2D eigenvalue weighted by Crippen LogP contribution is 2.28. The van der Waals surface area contributed by atoms with Gasteiger partial charge in [-0.05, 0) is 29.8 Å². The van der Waals surface area contributed by atoms with Gasteiger partial charge in [0, 0.05) is 11.3 Å². The molecule has 5 heteroatoms. The van der Waals surface area contributed by atoms with E-state index < -0.39 is 10.0 Å². The molecule has 0 bridgehead atoms. The molecule has 1 radical (unpaired) electrons. The average molecular weight is 262 g/mol. The van der Waals surface area contributed by atoms with Gasteiger partial charge in [0.2, 0.25) is 10.0 Å². The molecule has 0 aromatic heterocycles. The molecule has 0 saturated heterocycles. The molecule has 2 aromatic rings. The third-order valence-electron chi connectivity index (χ3n) is 2.31. The summed E-state index contributed by atoms with van der Waals surface area (Å²) in [5.74, 6) is 0.140. The summed E-state index contributed by atoms with van der Waals surface area (Å²) in [4.78, 5) is 0. The quantitative estimate of drug-likeness (QED) is 0.891. The van der Waals surface area contributed by atoms with Crippen LogP contribution in [-0.4, -0.2) is 19.8 Å². The molecule has 0 spiro atoms. The maximum absolute atomic E-state index is 11.1. The Kier molecular flexibility index (Phi) is 3.25. The van der Waals surface area contributed by atoms with Gasteiger partial charge in [-0.25, -0.2) is 8.42 Å². The Morgan fingerprint density at radius 3 is 2.39 bits per heavy atom. The maximum atomic E-state index is 11.1. The van der Waals surface area contributed by atoms with Crippen LogP contribution >= 0.6 is 0 Å². The lowest BCUT2D eigenvalue weighted by atomic mass is 10.0. The summed E-state index contributed by atoms with van der Waals surface area (Å²) in [6.45, 7) is 0. The lowest BCUT2D eigenvalue weighted by Gasteiger charge is -2.06. The molecule has 2 N–H and O–H groups in total. The Bertz CT molecular complexity index is 648. The van der Waals surface area contributed by atoms with Crippen LogP contribution in [0, 0.1) is 6.07 Å². The van der Waals surface area contributed by atoms with Gasteiger partial charge in [-0.1, -0.05) is 24.3 Å². The molecule has 0 heterocycles. The van der Waals surface area contributed by atoms with Crippen LogP contribution < -0.4 is 4.72 Å². The molecular weight excluding hydrogens is 250 g/mol. The average Bonchev–Trinajstić information content (AvgIpc) is 2.29. The number of phenolic OH excluding ortho intramolecular Hbond substituents is 1. The van der Waals surface area contributed by atoms with E-state index in [2.05, 4.69) is 10.8 Å². The van der Waals surface area contributed by atoms with E-state index in [4.69, 9.17) is 0 Å². The second-order valence-electron chi connectivity index (χ2n) is 3.88. The van der Waals surface area contributed by atoms with Crippen LogP contribution in [0.15, 0.2) is 42.5 Å². The molecule has 2 rings (SSSR count). The first-order valence-electron chi connectivity index (χ1n) is 5.23. The zero-order valence-electron chi connectivity index (χ0n) is 9.71. The number of nitrogens with one attached hydrogen (secondary N) is 1. The first-order valence-corrected chi connectivity index (χ1v) is 7.13. The summed E-state index contributed by atoms with van der Waals surface area (Å²) in [5, 5.41) is 9.68. The Hall–Kier alpha value is -2.01. The monoisotopic (exact) mass is 262 g/mol. The number of hydrogen-bond acceptors (Lipinski definition) is 3. The molecule has 18 heavy (non-hydrogen) atoms. The van der Waals surface area contributed by atoms with Crippen LogP contribution in [0.5, 0.6) is 5.75 Å². The SMILES string of the molecule is CS(=O)(=O)Nc1ccc(-c2[c]cccc2O)cc1. The largest absolute Gasteiger partial charge is 0.507 e. The van der Waals surface area contributed by atoms with E-state index in [-0.39, 0.29) is 5.75 Å². The van der Waals surface area contributed by atoms with Gasteiger partial charge in [-0.2, -0.15) is 0 Å². The first-order chi connectivity index (χ1) is 8.46. The summed E-state index contributed by atoms with van der Waals surface area (Å²) in [7, 11) is -3.27. The van der Waals surface area contributed by atoms with Crippen LogP contribution in [0.4, 0.5) is 5.69 Å². The molecule has 0 aliphatic heterocycles. The van der Waals surface area contributed by atoms with Crippen LogP contribution in [0.3, 0.4) is 0 Å². The molecule has 0 atom stereocenters. The molecular formula is C13H12NO3S. The number of phenols is 1. The molecule has 0 unspecified atom stereocenters. The van der Waals surface area contributed by atoms with Crippen LogP contribution in [-0.2, 0) is 10.0 Å². The van der Waals surface area contributed by atoms with Crippen molar-refractivity contribution in [2.45, 2.75) is 0 Å². The molecule has 93 valence electrons. The van der Waals surface area contributed by atoms with Crippen molar-refractivity contribution in [2.75, 3.05) is 11.0 Å². The second kappa shape index (κ2) is 4.70. The van der Waals surface area contributed by atoms with Crippen molar-refractivity contribution in [1.82, 2.24) is 0 Å². The van der Waals surface area contributed by atoms with Gasteiger partial charge in [0.15, 0.2) is 0 Å². The Labute approximate surface area is 106 Å². The van der Waals surface area contributed by atoms with Crippen molar-refractivity contribution < 1.29 is 13.5 Å². The molecule has 0 aliphatic rings. The van der Waals surface area contributed by atoms with E-state index >= 15 is 0 Å². The van der Waals surface area contributed by atoms with E-state index in [1.807, 2.05) is 0 Å². The summed E-state index contributed by atoms with van der Waals surface area (Å²) in [6, 6.07) is 14.6. The van der Waals surface area contributed by atoms with Gasteiger partial charge in [0.25, 0.3) is 0 Å². The van der Waals surface area contributed by atoms with Gasteiger partial charge in [-0.15, -0.1) is 0 Å². The van der Waals surface area contributed by atoms with Gasteiger partial charge in [0.05, 0.1) is 6.26 Å². The van der Waals surface area contributed by atoms with Crippen molar-refractivity contribution in [1.29, 1.82) is 0 Å². The molecule has 2 aromatic carbocycles. The van der Waals surface area contributed by atoms with Gasteiger partial charge >= 0.3 is 0 Å². The summed E-state index contributed by atoms with van der Waals surface area (Å²) < 4.78 is 24.5. The first kappa shape index (κ1) is 12.4. The zero-order chi connectivity index (χ0) is 13.2. The lowest BCUT2D eigenvalue weighted by molar-refractivity contribution is 0.477. The van der Waals surface area contributed by atoms with E-state index in [9.17, 15) is 13.5 Å². The van der Waals surface area contributed by atoms with Gasteiger partial charge < -0.3 is 5.11 Å². The summed E-state index contributed by atoms with van der Waals surface area (Å²) in [6.07, 6.45) is 1.09. The van der Waals surface area contributed by atoms with Crippen LogP contribution in [0.1, 0.15) is 0 Å². The number of hydrogen-bond donors (Lipinski definition) is 2.